The summed E-state index contributed by atoms with van der Waals surface area (Å²) in [5.41, 5.74) is 1.25. The fourth-order valence-electron chi connectivity index (χ4n) is 2.83. The molecule has 5 nitrogen and oxygen atoms in total. The van der Waals surface area contributed by atoms with Gasteiger partial charge in [-0.3, -0.25) is 4.79 Å². The molecule has 25 heavy (non-hydrogen) atoms. The standard InChI is InChI=1S/C18H24N4O.2ClH/c1-14(16-11-19-12-16)18(23)21-8-7-17-20-9-10-22(17)13-15-5-3-2-4-6-15;;/h2-6,9-10,14,16,19H,7-8,11-13H2,1H3,(H,21,23);2*1H. The molecule has 138 valence electrons. The molecule has 7 heteroatoms. The molecule has 1 aliphatic heterocycles. The number of nitrogens with one attached hydrogen (secondary N) is 2. The van der Waals surface area contributed by atoms with E-state index in [2.05, 4.69) is 32.3 Å². The summed E-state index contributed by atoms with van der Waals surface area (Å²) in [4.78, 5) is 16.5. The van der Waals surface area contributed by atoms with Gasteiger partial charge in [0.15, 0.2) is 0 Å². The summed E-state index contributed by atoms with van der Waals surface area (Å²) in [5, 5.41) is 6.25. The number of rotatable bonds is 7. The van der Waals surface area contributed by atoms with Gasteiger partial charge in [0.2, 0.25) is 5.91 Å². The van der Waals surface area contributed by atoms with Crippen molar-refractivity contribution in [1.82, 2.24) is 20.2 Å². The van der Waals surface area contributed by atoms with E-state index in [4.69, 9.17) is 0 Å². The van der Waals surface area contributed by atoms with Crippen LogP contribution in [0.3, 0.4) is 0 Å². The first-order chi connectivity index (χ1) is 11.2. The zero-order chi connectivity index (χ0) is 16.1. The third kappa shape index (κ3) is 5.73. The van der Waals surface area contributed by atoms with E-state index >= 15 is 0 Å². The van der Waals surface area contributed by atoms with Gasteiger partial charge in [-0.25, -0.2) is 4.98 Å². The van der Waals surface area contributed by atoms with Crippen LogP contribution >= 0.6 is 24.8 Å². The summed E-state index contributed by atoms with van der Waals surface area (Å²) in [7, 11) is 0. The van der Waals surface area contributed by atoms with Crippen LogP contribution in [-0.4, -0.2) is 35.1 Å². The lowest BCUT2D eigenvalue weighted by molar-refractivity contribution is -0.126. The minimum atomic E-state index is 0. The zero-order valence-corrected chi connectivity index (χ0v) is 16.0. The van der Waals surface area contributed by atoms with Crippen molar-refractivity contribution in [3.8, 4) is 0 Å². The largest absolute Gasteiger partial charge is 0.355 e. The molecule has 1 aliphatic rings. The van der Waals surface area contributed by atoms with Crippen molar-refractivity contribution in [2.75, 3.05) is 19.6 Å². The highest BCUT2D eigenvalue weighted by Gasteiger charge is 2.28. The third-order valence-electron chi connectivity index (χ3n) is 4.58. The first-order valence-corrected chi connectivity index (χ1v) is 8.26. The first-order valence-electron chi connectivity index (χ1n) is 8.26. The summed E-state index contributed by atoms with van der Waals surface area (Å²) in [5.74, 6) is 1.72. The maximum absolute atomic E-state index is 12.1. The Morgan fingerprint density at radius 1 is 1.32 bits per heavy atom. The van der Waals surface area contributed by atoms with Crippen LogP contribution in [0.4, 0.5) is 0 Å². The van der Waals surface area contributed by atoms with Gasteiger partial charge in [-0.1, -0.05) is 37.3 Å². The van der Waals surface area contributed by atoms with E-state index in [1.807, 2.05) is 37.5 Å². The summed E-state index contributed by atoms with van der Waals surface area (Å²) >= 11 is 0. The van der Waals surface area contributed by atoms with Gasteiger partial charge in [-0.05, 0) is 24.6 Å². The van der Waals surface area contributed by atoms with Crippen LogP contribution in [0.25, 0.3) is 0 Å². The van der Waals surface area contributed by atoms with Gasteiger partial charge in [0.1, 0.15) is 5.82 Å². The highest BCUT2D eigenvalue weighted by molar-refractivity contribution is 5.85. The molecule has 0 saturated carbocycles. The fourth-order valence-corrected chi connectivity index (χ4v) is 2.83. The predicted molar refractivity (Wildman–Crippen MR) is 105 cm³/mol. The number of carbonyl (C=O) groups excluding carboxylic acids is 1. The van der Waals surface area contributed by atoms with Crippen LogP contribution in [-0.2, 0) is 17.8 Å². The summed E-state index contributed by atoms with van der Waals surface area (Å²) < 4.78 is 2.14. The first kappa shape index (κ1) is 21.5. The molecule has 0 bridgehead atoms. The molecule has 0 radical (unpaired) electrons. The number of benzene rings is 1. The summed E-state index contributed by atoms with van der Waals surface area (Å²) in [6, 6.07) is 10.3. The molecule has 1 atom stereocenters. The Hall–Kier alpha value is -1.56. The van der Waals surface area contributed by atoms with Crippen LogP contribution in [0.15, 0.2) is 42.7 Å². The lowest BCUT2D eigenvalue weighted by atomic mass is 9.88. The van der Waals surface area contributed by atoms with Crippen LogP contribution in [0.2, 0.25) is 0 Å². The van der Waals surface area contributed by atoms with Gasteiger partial charge < -0.3 is 15.2 Å². The molecule has 1 amide bonds. The normalized spacial score (nSPS) is 14.6. The van der Waals surface area contributed by atoms with Gasteiger partial charge in [0, 0.05) is 37.8 Å². The van der Waals surface area contributed by atoms with Gasteiger partial charge in [0.05, 0.1) is 0 Å². The quantitative estimate of drug-likeness (QED) is 0.769. The molecule has 3 rings (SSSR count). The lowest BCUT2D eigenvalue weighted by Gasteiger charge is -2.31. The molecule has 1 unspecified atom stereocenters. The molecule has 1 saturated heterocycles. The third-order valence-corrected chi connectivity index (χ3v) is 4.58. The molecule has 1 fully saturated rings. The van der Waals surface area contributed by atoms with Crippen LogP contribution in [0.5, 0.6) is 0 Å². The molecule has 1 aromatic carbocycles. The van der Waals surface area contributed by atoms with Gasteiger partial charge in [-0.15, -0.1) is 24.8 Å². The zero-order valence-electron chi connectivity index (χ0n) is 14.4. The van der Waals surface area contributed by atoms with Crippen molar-refractivity contribution in [2.45, 2.75) is 19.9 Å². The number of aromatic nitrogens is 2. The maximum Gasteiger partial charge on any atom is 0.223 e. The Morgan fingerprint density at radius 2 is 2.04 bits per heavy atom. The summed E-state index contributed by atoms with van der Waals surface area (Å²) in [6.07, 6.45) is 4.57. The van der Waals surface area contributed by atoms with E-state index in [9.17, 15) is 4.79 Å². The Balaban J connectivity index is 0.00000156. The molecule has 0 aliphatic carbocycles. The molecular formula is C18H26Cl2N4O. The van der Waals surface area contributed by atoms with Crippen molar-refractivity contribution in [1.29, 1.82) is 0 Å². The second-order valence-electron chi connectivity index (χ2n) is 6.21. The number of amides is 1. The second-order valence-corrected chi connectivity index (χ2v) is 6.21. The Labute approximate surface area is 161 Å². The lowest BCUT2D eigenvalue weighted by Crippen LogP contribution is -2.49. The van der Waals surface area contributed by atoms with E-state index < -0.39 is 0 Å². The number of halogens is 2. The number of nitrogens with zero attached hydrogens (tertiary/aromatic N) is 2. The number of hydrogen-bond donors (Lipinski definition) is 2. The van der Waals surface area contributed by atoms with Gasteiger partial charge in [0.25, 0.3) is 0 Å². The monoisotopic (exact) mass is 384 g/mol. The highest BCUT2D eigenvalue weighted by atomic mass is 35.5. The molecular weight excluding hydrogens is 359 g/mol. The molecule has 2 aromatic rings. The minimum Gasteiger partial charge on any atom is -0.355 e. The number of hydrogen-bond acceptors (Lipinski definition) is 3. The average molecular weight is 385 g/mol. The fraction of sp³-hybridized carbons (Fsp3) is 0.444. The Morgan fingerprint density at radius 3 is 2.68 bits per heavy atom. The van der Waals surface area contributed by atoms with Gasteiger partial charge >= 0.3 is 0 Å². The van der Waals surface area contributed by atoms with Crippen LogP contribution in [0.1, 0.15) is 18.3 Å². The van der Waals surface area contributed by atoms with E-state index in [0.29, 0.717) is 12.5 Å². The molecule has 2 N–H and O–H groups in total. The van der Waals surface area contributed by atoms with Crippen molar-refractivity contribution in [2.24, 2.45) is 11.8 Å². The Bertz CT molecular complexity index is 644. The smallest absolute Gasteiger partial charge is 0.223 e. The number of imidazole rings is 1. The van der Waals surface area contributed by atoms with Crippen molar-refractivity contribution in [3.63, 3.8) is 0 Å². The SMILES string of the molecule is CC(C(=O)NCCc1nccn1Cc1ccccc1)C1CNC1.Cl.Cl. The number of carbonyl (C=O) groups is 1. The van der Waals surface area contributed by atoms with Crippen molar-refractivity contribution < 1.29 is 4.79 Å². The van der Waals surface area contributed by atoms with E-state index in [1.165, 1.54) is 5.56 Å². The highest BCUT2D eigenvalue weighted by Crippen LogP contribution is 2.15. The van der Waals surface area contributed by atoms with Crippen LogP contribution in [0, 0.1) is 11.8 Å². The maximum atomic E-state index is 12.1. The topological polar surface area (TPSA) is 59.0 Å². The summed E-state index contributed by atoms with van der Waals surface area (Å²) in [6.45, 7) is 5.37. The van der Waals surface area contributed by atoms with Crippen molar-refractivity contribution >= 4 is 30.7 Å². The molecule has 0 spiro atoms. The van der Waals surface area contributed by atoms with Crippen LogP contribution < -0.4 is 10.6 Å². The van der Waals surface area contributed by atoms with E-state index in [-0.39, 0.29) is 36.6 Å². The second kappa shape index (κ2) is 10.4. The van der Waals surface area contributed by atoms with E-state index in [0.717, 1.165) is 31.9 Å². The predicted octanol–water partition coefficient (Wildman–Crippen LogP) is 2.29. The molecule has 2 heterocycles. The average Bonchev–Trinajstić information content (AvgIpc) is 2.93. The van der Waals surface area contributed by atoms with Crippen molar-refractivity contribution in [3.05, 3.63) is 54.1 Å². The minimum absolute atomic E-state index is 0. The molecule has 1 aromatic heterocycles. The Kier molecular flexibility index (Phi) is 8.97. The van der Waals surface area contributed by atoms with E-state index in [1.54, 1.807) is 0 Å². The van der Waals surface area contributed by atoms with Gasteiger partial charge in [-0.2, -0.15) is 0 Å².